The van der Waals surface area contributed by atoms with Gasteiger partial charge in [-0.3, -0.25) is 4.79 Å². The number of hydrogen-bond donors (Lipinski definition) is 1. The van der Waals surface area contributed by atoms with Crippen LogP contribution in [-0.4, -0.2) is 23.2 Å². The van der Waals surface area contributed by atoms with Crippen LogP contribution in [0.4, 0.5) is 5.69 Å². The van der Waals surface area contributed by atoms with E-state index >= 15 is 0 Å². The zero-order valence-corrected chi connectivity index (χ0v) is 16.2. The van der Waals surface area contributed by atoms with E-state index in [-0.39, 0.29) is 24.0 Å². The lowest BCUT2D eigenvalue weighted by Crippen LogP contribution is -2.16. The average molecular weight is 406 g/mol. The van der Waals surface area contributed by atoms with Crippen LogP contribution in [0.1, 0.15) is 28.9 Å². The molecule has 3 aromatic rings. The average Bonchev–Trinajstić information content (AvgIpc) is 3.08. The van der Waals surface area contributed by atoms with Gasteiger partial charge in [0.15, 0.2) is 11.9 Å². The van der Waals surface area contributed by atoms with Gasteiger partial charge in [-0.2, -0.15) is 4.98 Å². The summed E-state index contributed by atoms with van der Waals surface area (Å²) in [6, 6.07) is 12.5. The van der Waals surface area contributed by atoms with Gasteiger partial charge in [0, 0.05) is 22.8 Å². The minimum absolute atomic E-state index is 0.0402. The first-order valence-electron chi connectivity index (χ1n) is 8.13. The standard InChI is InChI=1S/C19H17Cl2N3O3/c1-11-14(21)7-4-8-15(11)22-17(25)10-16-23-19(27-24-16)18(26-2)12-5-3-6-13(20)9-12/h3-9,18H,10H2,1-2H3,(H,22,25). The quantitative estimate of drug-likeness (QED) is 0.647. The number of aromatic nitrogens is 2. The van der Waals surface area contributed by atoms with Crippen molar-refractivity contribution < 1.29 is 14.1 Å². The number of carbonyl (C=O) groups is 1. The third-order valence-corrected chi connectivity index (χ3v) is 4.60. The first kappa shape index (κ1) is 19.4. The summed E-state index contributed by atoms with van der Waals surface area (Å²) in [5.41, 5.74) is 2.21. The van der Waals surface area contributed by atoms with Gasteiger partial charge in [-0.05, 0) is 42.3 Å². The fraction of sp³-hybridized carbons (Fsp3) is 0.211. The van der Waals surface area contributed by atoms with Crippen molar-refractivity contribution >= 4 is 34.8 Å². The summed E-state index contributed by atoms with van der Waals surface area (Å²) in [6.07, 6.45) is -0.607. The smallest absolute Gasteiger partial charge is 0.260 e. The number of amides is 1. The van der Waals surface area contributed by atoms with E-state index in [9.17, 15) is 4.79 Å². The van der Waals surface area contributed by atoms with Gasteiger partial charge in [0.05, 0.1) is 6.42 Å². The third kappa shape index (κ3) is 4.66. The second kappa shape index (κ2) is 8.52. The van der Waals surface area contributed by atoms with Crippen LogP contribution in [0.3, 0.4) is 0 Å². The van der Waals surface area contributed by atoms with Crippen LogP contribution in [0.5, 0.6) is 0 Å². The number of methoxy groups -OCH3 is 1. The van der Waals surface area contributed by atoms with E-state index in [0.717, 1.165) is 11.1 Å². The molecule has 0 spiro atoms. The molecule has 0 fully saturated rings. The summed E-state index contributed by atoms with van der Waals surface area (Å²) in [4.78, 5) is 16.6. The summed E-state index contributed by atoms with van der Waals surface area (Å²) in [5, 5.41) is 7.82. The topological polar surface area (TPSA) is 77.2 Å². The van der Waals surface area contributed by atoms with Crippen molar-refractivity contribution in [2.24, 2.45) is 0 Å². The predicted molar refractivity (Wildman–Crippen MR) is 103 cm³/mol. The Morgan fingerprint density at radius 2 is 2.04 bits per heavy atom. The highest BCUT2D eigenvalue weighted by Crippen LogP contribution is 2.26. The molecule has 1 atom stereocenters. The normalized spacial score (nSPS) is 12.0. The molecule has 27 heavy (non-hydrogen) atoms. The van der Waals surface area contributed by atoms with Gasteiger partial charge in [-0.25, -0.2) is 0 Å². The van der Waals surface area contributed by atoms with Crippen LogP contribution in [0.25, 0.3) is 0 Å². The number of halogens is 2. The molecule has 0 aliphatic carbocycles. The zero-order valence-electron chi connectivity index (χ0n) is 14.7. The largest absolute Gasteiger partial charge is 0.367 e. The second-order valence-electron chi connectivity index (χ2n) is 5.86. The minimum Gasteiger partial charge on any atom is -0.367 e. The maximum atomic E-state index is 12.3. The van der Waals surface area contributed by atoms with E-state index in [1.165, 1.54) is 7.11 Å². The highest BCUT2D eigenvalue weighted by Gasteiger charge is 2.22. The van der Waals surface area contributed by atoms with E-state index in [2.05, 4.69) is 15.5 Å². The SMILES string of the molecule is COC(c1cccc(Cl)c1)c1nc(CC(=O)Nc2cccc(Cl)c2C)no1. The third-order valence-electron chi connectivity index (χ3n) is 3.96. The van der Waals surface area contributed by atoms with Crippen molar-refractivity contribution in [3.8, 4) is 0 Å². The highest BCUT2D eigenvalue weighted by atomic mass is 35.5. The molecule has 0 saturated heterocycles. The summed E-state index contributed by atoms with van der Waals surface area (Å²) in [7, 11) is 1.53. The number of ether oxygens (including phenoxy) is 1. The number of carbonyl (C=O) groups excluding carboxylic acids is 1. The molecule has 0 radical (unpaired) electrons. The van der Waals surface area contributed by atoms with Gasteiger partial charge < -0.3 is 14.6 Å². The van der Waals surface area contributed by atoms with E-state index in [1.807, 2.05) is 19.1 Å². The van der Waals surface area contributed by atoms with E-state index in [1.54, 1.807) is 30.3 Å². The van der Waals surface area contributed by atoms with Crippen LogP contribution in [-0.2, 0) is 16.0 Å². The van der Waals surface area contributed by atoms with Crippen molar-refractivity contribution in [1.29, 1.82) is 0 Å². The molecule has 0 saturated carbocycles. The molecule has 1 aromatic heterocycles. The number of nitrogens with one attached hydrogen (secondary N) is 1. The first-order valence-corrected chi connectivity index (χ1v) is 8.89. The molecule has 0 bridgehead atoms. The number of rotatable bonds is 6. The maximum Gasteiger partial charge on any atom is 0.260 e. The van der Waals surface area contributed by atoms with Crippen LogP contribution >= 0.6 is 23.2 Å². The Morgan fingerprint density at radius 1 is 1.26 bits per heavy atom. The van der Waals surface area contributed by atoms with Crippen LogP contribution in [0.2, 0.25) is 10.0 Å². The van der Waals surface area contributed by atoms with Crippen LogP contribution in [0, 0.1) is 6.92 Å². The fourth-order valence-electron chi connectivity index (χ4n) is 2.58. The van der Waals surface area contributed by atoms with Gasteiger partial charge in [-0.15, -0.1) is 0 Å². The van der Waals surface area contributed by atoms with E-state index < -0.39 is 6.10 Å². The van der Waals surface area contributed by atoms with Crippen LogP contribution < -0.4 is 5.32 Å². The molecule has 1 heterocycles. The van der Waals surface area contributed by atoms with Crippen molar-refractivity contribution in [3.63, 3.8) is 0 Å². The molecule has 1 N–H and O–H groups in total. The van der Waals surface area contributed by atoms with Crippen molar-refractivity contribution in [2.45, 2.75) is 19.4 Å². The molecule has 6 nitrogen and oxygen atoms in total. The van der Waals surface area contributed by atoms with E-state index in [4.69, 9.17) is 32.5 Å². The summed E-state index contributed by atoms with van der Waals surface area (Å²) in [5.74, 6) is 0.234. The maximum absolute atomic E-state index is 12.3. The van der Waals surface area contributed by atoms with Crippen LogP contribution in [0.15, 0.2) is 47.0 Å². The Labute approximate surface area is 166 Å². The number of nitrogens with zero attached hydrogens (tertiary/aromatic N) is 2. The molecular formula is C19H17Cl2N3O3. The summed E-state index contributed by atoms with van der Waals surface area (Å²) in [6.45, 7) is 1.83. The monoisotopic (exact) mass is 405 g/mol. The van der Waals surface area contributed by atoms with Gasteiger partial charge >= 0.3 is 0 Å². The van der Waals surface area contributed by atoms with Crippen molar-refractivity contribution in [3.05, 3.63) is 75.4 Å². The van der Waals surface area contributed by atoms with Crippen molar-refractivity contribution in [2.75, 3.05) is 12.4 Å². The second-order valence-corrected chi connectivity index (χ2v) is 6.70. The molecule has 8 heteroatoms. The van der Waals surface area contributed by atoms with Crippen molar-refractivity contribution in [1.82, 2.24) is 10.1 Å². The predicted octanol–water partition coefficient (Wildman–Crippen LogP) is 4.60. The molecular weight excluding hydrogens is 389 g/mol. The Hall–Kier alpha value is -2.41. The molecule has 140 valence electrons. The van der Waals surface area contributed by atoms with Gasteiger partial charge in [0.2, 0.25) is 5.91 Å². The summed E-state index contributed by atoms with van der Waals surface area (Å²) >= 11 is 12.1. The molecule has 0 aliphatic rings. The molecule has 3 rings (SSSR count). The van der Waals surface area contributed by atoms with Gasteiger partial charge in [0.1, 0.15) is 0 Å². The summed E-state index contributed by atoms with van der Waals surface area (Å²) < 4.78 is 10.7. The lowest BCUT2D eigenvalue weighted by molar-refractivity contribution is -0.115. The zero-order chi connectivity index (χ0) is 19.4. The Bertz CT molecular complexity index is 959. The number of anilines is 1. The minimum atomic E-state index is -0.566. The first-order chi connectivity index (χ1) is 13.0. The molecule has 2 aromatic carbocycles. The Kier molecular flexibility index (Phi) is 6.11. The lowest BCUT2D eigenvalue weighted by atomic mass is 10.1. The molecule has 0 aliphatic heterocycles. The Balaban J connectivity index is 1.71. The Morgan fingerprint density at radius 3 is 2.78 bits per heavy atom. The lowest BCUT2D eigenvalue weighted by Gasteiger charge is -2.11. The van der Waals surface area contributed by atoms with Gasteiger partial charge in [0.25, 0.3) is 5.89 Å². The molecule has 1 amide bonds. The number of benzene rings is 2. The van der Waals surface area contributed by atoms with E-state index in [0.29, 0.717) is 15.7 Å². The van der Waals surface area contributed by atoms with Gasteiger partial charge in [-0.1, -0.05) is 46.6 Å². The highest BCUT2D eigenvalue weighted by molar-refractivity contribution is 6.31. The number of hydrogen-bond acceptors (Lipinski definition) is 5. The fourth-order valence-corrected chi connectivity index (χ4v) is 2.95. The molecule has 1 unspecified atom stereocenters.